The third-order valence-electron chi connectivity index (χ3n) is 3.60. The standard InChI is InChI=1S/C15H15F3N6O/c1-9(19-2)6-13-20-14(25-22-13)12-8-24(23-21-12)11-5-3-4-10(7-11)15(16,17)18/h3-5,7-9,19H,6H2,1-2H3. The monoisotopic (exact) mass is 352 g/mol. The quantitative estimate of drug-likeness (QED) is 0.760. The highest BCUT2D eigenvalue weighted by Gasteiger charge is 2.30. The van der Waals surface area contributed by atoms with Crippen LogP contribution in [0.4, 0.5) is 13.2 Å². The van der Waals surface area contributed by atoms with Crippen LogP contribution in [0.5, 0.6) is 0 Å². The maximum atomic E-state index is 12.8. The van der Waals surface area contributed by atoms with Crippen molar-refractivity contribution < 1.29 is 17.7 Å². The maximum Gasteiger partial charge on any atom is 0.416 e. The Labute approximate surface area is 140 Å². The number of alkyl halides is 3. The summed E-state index contributed by atoms with van der Waals surface area (Å²) in [6, 6.07) is 4.97. The van der Waals surface area contributed by atoms with E-state index in [4.69, 9.17) is 4.52 Å². The number of hydrogen-bond acceptors (Lipinski definition) is 6. The molecule has 2 aromatic heterocycles. The summed E-state index contributed by atoms with van der Waals surface area (Å²) in [5.41, 5.74) is -0.242. The molecule has 1 unspecified atom stereocenters. The summed E-state index contributed by atoms with van der Waals surface area (Å²) in [4.78, 5) is 4.22. The van der Waals surface area contributed by atoms with Gasteiger partial charge in [-0.3, -0.25) is 0 Å². The van der Waals surface area contributed by atoms with Gasteiger partial charge in [-0.25, -0.2) is 4.68 Å². The second kappa shape index (κ2) is 6.63. The van der Waals surface area contributed by atoms with E-state index < -0.39 is 11.7 Å². The molecule has 0 saturated heterocycles. The van der Waals surface area contributed by atoms with Gasteiger partial charge in [-0.1, -0.05) is 16.4 Å². The van der Waals surface area contributed by atoms with E-state index >= 15 is 0 Å². The van der Waals surface area contributed by atoms with Gasteiger partial charge >= 0.3 is 6.18 Å². The fourth-order valence-corrected chi connectivity index (χ4v) is 2.13. The van der Waals surface area contributed by atoms with Gasteiger partial charge in [0.1, 0.15) is 0 Å². The topological polar surface area (TPSA) is 81.7 Å². The summed E-state index contributed by atoms with van der Waals surface area (Å²) in [5, 5.41) is 14.6. The highest BCUT2D eigenvalue weighted by atomic mass is 19.4. The number of hydrogen-bond donors (Lipinski definition) is 1. The van der Waals surface area contributed by atoms with Crippen LogP contribution in [0.3, 0.4) is 0 Å². The zero-order valence-electron chi connectivity index (χ0n) is 13.4. The van der Waals surface area contributed by atoms with Crippen molar-refractivity contribution in [2.24, 2.45) is 0 Å². The molecule has 0 fully saturated rings. The first kappa shape index (κ1) is 17.1. The lowest BCUT2D eigenvalue weighted by Crippen LogP contribution is -2.24. The average molecular weight is 352 g/mol. The number of halogens is 3. The molecule has 10 heteroatoms. The molecule has 1 N–H and O–H groups in total. The molecule has 0 radical (unpaired) electrons. The van der Waals surface area contributed by atoms with Gasteiger partial charge < -0.3 is 9.84 Å². The second-order valence-corrected chi connectivity index (χ2v) is 5.51. The molecule has 2 heterocycles. The number of nitrogens with zero attached hydrogens (tertiary/aromatic N) is 5. The minimum atomic E-state index is -4.43. The Hall–Kier alpha value is -2.75. The molecule has 0 aliphatic heterocycles. The van der Waals surface area contributed by atoms with E-state index in [2.05, 4.69) is 25.8 Å². The van der Waals surface area contributed by atoms with Crippen LogP contribution in [0.25, 0.3) is 17.3 Å². The van der Waals surface area contributed by atoms with E-state index in [-0.39, 0.29) is 23.3 Å². The molecule has 0 aliphatic carbocycles. The van der Waals surface area contributed by atoms with Crippen molar-refractivity contribution in [1.29, 1.82) is 0 Å². The van der Waals surface area contributed by atoms with Crippen LogP contribution in [0, 0.1) is 0 Å². The largest absolute Gasteiger partial charge is 0.416 e. The van der Waals surface area contributed by atoms with Gasteiger partial charge in [0, 0.05) is 12.5 Å². The van der Waals surface area contributed by atoms with Gasteiger partial charge in [0.25, 0.3) is 5.89 Å². The lowest BCUT2D eigenvalue weighted by atomic mass is 10.2. The van der Waals surface area contributed by atoms with Gasteiger partial charge in [-0.05, 0) is 32.2 Å². The van der Waals surface area contributed by atoms with E-state index in [0.717, 1.165) is 12.1 Å². The van der Waals surface area contributed by atoms with E-state index in [1.165, 1.54) is 23.0 Å². The molecule has 25 heavy (non-hydrogen) atoms. The van der Waals surface area contributed by atoms with Crippen LogP contribution in [0.1, 0.15) is 18.3 Å². The van der Waals surface area contributed by atoms with Crippen molar-refractivity contribution in [2.75, 3.05) is 7.05 Å². The molecule has 3 aromatic rings. The molecule has 0 spiro atoms. The Morgan fingerprint density at radius 1 is 1.32 bits per heavy atom. The molecule has 3 rings (SSSR count). The Kier molecular flexibility index (Phi) is 4.53. The van der Waals surface area contributed by atoms with Crippen molar-refractivity contribution in [1.82, 2.24) is 30.5 Å². The fraction of sp³-hybridized carbons (Fsp3) is 0.333. The molecule has 1 aromatic carbocycles. The number of nitrogens with one attached hydrogen (secondary N) is 1. The Morgan fingerprint density at radius 3 is 2.84 bits per heavy atom. The Morgan fingerprint density at radius 2 is 2.12 bits per heavy atom. The van der Waals surface area contributed by atoms with Crippen molar-refractivity contribution in [3.05, 3.63) is 41.9 Å². The van der Waals surface area contributed by atoms with E-state index in [1.807, 2.05) is 14.0 Å². The zero-order valence-corrected chi connectivity index (χ0v) is 13.4. The van der Waals surface area contributed by atoms with Crippen molar-refractivity contribution >= 4 is 0 Å². The van der Waals surface area contributed by atoms with Gasteiger partial charge in [0.15, 0.2) is 11.5 Å². The maximum absolute atomic E-state index is 12.8. The molecule has 132 valence electrons. The zero-order chi connectivity index (χ0) is 18.0. The highest BCUT2D eigenvalue weighted by Crippen LogP contribution is 2.30. The Balaban J connectivity index is 1.84. The first-order chi connectivity index (χ1) is 11.9. The Bertz CT molecular complexity index is 857. The molecule has 7 nitrogen and oxygen atoms in total. The van der Waals surface area contributed by atoms with Crippen LogP contribution in [0.2, 0.25) is 0 Å². The summed E-state index contributed by atoms with van der Waals surface area (Å²) in [6.45, 7) is 1.97. The summed E-state index contributed by atoms with van der Waals surface area (Å²) < 4.78 is 44.8. The number of rotatable bonds is 5. The minimum Gasteiger partial charge on any atom is -0.332 e. The van der Waals surface area contributed by atoms with E-state index in [9.17, 15) is 13.2 Å². The van der Waals surface area contributed by atoms with E-state index in [1.54, 1.807) is 0 Å². The third-order valence-corrected chi connectivity index (χ3v) is 3.60. The van der Waals surface area contributed by atoms with Crippen LogP contribution >= 0.6 is 0 Å². The molecule has 0 bridgehead atoms. The second-order valence-electron chi connectivity index (χ2n) is 5.51. The molecule has 1 atom stereocenters. The number of likely N-dealkylation sites (N-methyl/N-ethyl adjacent to an activating group) is 1. The first-order valence-electron chi connectivity index (χ1n) is 7.47. The highest BCUT2D eigenvalue weighted by molar-refractivity contribution is 5.46. The van der Waals surface area contributed by atoms with Crippen molar-refractivity contribution in [2.45, 2.75) is 25.6 Å². The SMILES string of the molecule is CNC(C)Cc1noc(-c2cn(-c3cccc(C(F)(F)F)c3)nn2)n1. The van der Waals surface area contributed by atoms with Crippen molar-refractivity contribution in [3.8, 4) is 17.3 Å². The van der Waals surface area contributed by atoms with Gasteiger partial charge in [-0.2, -0.15) is 18.2 Å². The smallest absolute Gasteiger partial charge is 0.332 e. The van der Waals surface area contributed by atoms with Gasteiger partial charge in [-0.15, -0.1) is 5.10 Å². The van der Waals surface area contributed by atoms with Crippen molar-refractivity contribution in [3.63, 3.8) is 0 Å². The van der Waals surface area contributed by atoms with Gasteiger partial charge in [0.05, 0.1) is 17.4 Å². The number of benzene rings is 1. The number of aromatic nitrogens is 5. The van der Waals surface area contributed by atoms with Crippen LogP contribution < -0.4 is 5.32 Å². The van der Waals surface area contributed by atoms with E-state index in [0.29, 0.717) is 12.2 Å². The van der Waals surface area contributed by atoms with Gasteiger partial charge in [0.2, 0.25) is 0 Å². The predicted octanol–water partition coefficient (Wildman–Crippen LogP) is 2.49. The normalized spacial score (nSPS) is 13.2. The average Bonchev–Trinajstić information content (AvgIpc) is 3.23. The minimum absolute atomic E-state index is 0.163. The van der Waals surface area contributed by atoms with Crippen LogP contribution in [0.15, 0.2) is 35.0 Å². The summed E-state index contributed by atoms with van der Waals surface area (Å²) in [5.74, 6) is 0.669. The first-order valence-corrected chi connectivity index (χ1v) is 7.47. The summed E-state index contributed by atoms with van der Waals surface area (Å²) >= 11 is 0. The van der Waals surface area contributed by atoms with Crippen LogP contribution in [-0.4, -0.2) is 38.2 Å². The molecular weight excluding hydrogens is 337 g/mol. The third kappa shape index (κ3) is 3.85. The molecular formula is C15H15F3N6O. The molecule has 0 aliphatic rings. The molecule has 0 saturated carbocycles. The summed E-state index contributed by atoms with van der Waals surface area (Å²) in [7, 11) is 1.83. The lowest BCUT2D eigenvalue weighted by Gasteiger charge is -2.07. The predicted molar refractivity (Wildman–Crippen MR) is 81.9 cm³/mol. The summed E-state index contributed by atoms with van der Waals surface area (Å²) in [6.07, 6.45) is -2.42. The molecule has 0 amide bonds. The fourth-order valence-electron chi connectivity index (χ4n) is 2.13. The van der Waals surface area contributed by atoms with Crippen LogP contribution in [-0.2, 0) is 12.6 Å². The lowest BCUT2D eigenvalue weighted by molar-refractivity contribution is -0.137.